The summed E-state index contributed by atoms with van der Waals surface area (Å²) in [5.74, 6) is -0.144. The predicted molar refractivity (Wildman–Crippen MR) is 323 cm³/mol. The highest BCUT2D eigenvalue weighted by Crippen LogP contribution is 2.24. The highest BCUT2D eigenvalue weighted by molar-refractivity contribution is 5.76. The molecule has 1 saturated heterocycles. The molecular weight excluding hydrogens is 947 g/mol. The van der Waals surface area contributed by atoms with Crippen LogP contribution in [-0.2, 0) is 14.3 Å². The fourth-order valence-electron chi connectivity index (χ4n) is 10.8. The molecule has 1 aliphatic heterocycles. The molecule has 0 spiro atoms. The molecule has 1 rings (SSSR count). The van der Waals surface area contributed by atoms with E-state index in [2.05, 4.69) is 55.6 Å². The number of rotatable bonds is 58. The lowest BCUT2D eigenvalue weighted by atomic mass is 9.99. The topological polar surface area (TPSA) is 149 Å². The average molecular weight is 1070 g/mol. The zero-order valence-corrected chi connectivity index (χ0v) is 50.0. The number of carbonyl (C=O) groups excluding carboxylic acids is 1. The first-order valence-corrected chi connectivity index (χ1v) is 33.2. The van der Waals surface area contributed by atoms with Crippen LogP contribution in [0.15, 0.2) is 36.5 Å². The summed E-state index contributed by atoms with van der Waals surface area (Å²) in [5, 5.41) is 54.9. The van der Waals surface area contributed by atoms with Gasteiger partial charge in [-0.15, -0.1) is 0 Å². The molecule has 0 radical (unpaired) electrons. The Morgan fingerprint density at radius 2 is 0.776 bits per heavy atom. The summed E-state index contributed by atoms with van der Waals surface area (Å²) < 4.78 is 11.4. The van der Waals surface area contributed by atoms with E-state index in [1.54, 1.807) is 0 Å². The van der Waals surface area contributed by atoms with E-state index < -0.39 is 49.5 Å². The van der Waals surface area contributed by atoms with E-state index in [1.165, 1.54) is 250 Å². The van der Waals surface area contributed by atoms with Gasteiger partial charge in [-0.3, -0.25) is 4.79 Å². The number of hydrogen-bond acceptors (Lipinski definition) is 8. The Morgan fingerprint density at radius 3 is 1.14 bits per heavy atom. The Labute approximate surface area is 470 Å². The van der Waals surface area contributed by atoms with Crippen molar-refractivity contribution in [2.45, 2.75) is 371 Å². The van der Waals surface area contributed by atoms with Crippen molar-refractivity contribution in [3.05, 3.63) is 36.5 Å². The van der Waals surface area contributed by atoms with Crippen LogP contribution < -0.4 is 5.32 Å². The Morgan fingerprint density at radius 1 is 0.447 bits per heavy atom. The molecule has 0 aliphatic carbocycles. The van der Waals surface area contributed by atoms with Crippen LogP contribution in [0.3, 0.4) is 0 Å². The summed E-state index contributed by atoms with van der Waals surface area (Å²) in [5.41, 5.74) is 0. The standard InChI is InChI=1S/C67H127NO8/c1-3-5-7-9-11-13-15-17-19-21-23-25-27-29-30-31-33-34-36-38-40-42-44-46-48-50-52-54-56-61(70)60(59-75-67-66(74)65(73)64(72)62(58-69)76-67)68-63(71)57-55-53-51-49-47-45-43-41-39-37-35-32-28-26-24-22-20-18-16-14-12-10-8-6-4-2/h16,18,22,24,28,32,60-62,64-67,69-70,72-74H,3-15,17,19-21,23,25-27,29-31,33-59H2,1-2H3,(H,68,71)/b18-16-,24-22-,32-28-. The number of amides is 1. The lowest BCUT2D eigenvalue weighted by Gasteiger charge is -2.40. The normalized spacial score (nSPS) is 19.0. The zero-order valence-electron chi connectivity index (χ0n) is 50.0. The minimum absolute atomic E-state index is 0.138. The monoisotopic (exact) mass is 1070 g/mol. The van der Waals surface area contributed by atoms with Gasteiger partial charge in [0.25, 0.3) is 0 Å². The molecule has 6 N–H and O–H groups in total. The molecule has 7 unspecified atom stereocenters. The second kappa shape index (κ2) is 56.7. The van der Waals surface area contributed by atoms with Crippen molar-refractivity contribution in [1.82, 2.24) is 5.32 Å². The van der Waals surface area contributed by atoms with Crippen molar-refractivity contribution >= 4 is 5.91 Å². The molecule has 0 aromatic heterocycles. The highest BCUT2D eigenvalue weighted by Gasteiger charge is 2.44. The van der Waals surface area contributed by atoms with Gasteiger partial charge in [-0.2, -0.15) is 0 Å². The van der Waals surface area contributed by atoms with Crippen LogP contribution in [0.4, 0.5) is 0 Å². The van der Waals surface area contributed by atoms with Gasteiger partial charge in [-0.1, -0.05) is 307 Å². The number of allylic oxidation sites excluding steroid dienone is 6. The highest BCUT2D eigenvalue weighted by atomic mass is 16.7. The molecule has 1 heterocycles. The molecule has 76 heavy (non-hydrogen) atoms. The maximum Gasteiger partial charge on any atom is 0.220 e. The fourth-order valence-corrected chi connectivity index (χ4v) is 10.8. The molecule has 0 bridgehead atoms. The van der Waals surface area contributed by atoms with Gasteiger partial charge in [0.2, 0.25) is 5.91 Å². The van der Waals surface area contributed by atoms with Gasteiger partial charge in [-0.05, 0) is 51.4 Å². The van der Waals surface area contributed by atoms with Crippen LogP contribution in [0, 0.1) is 0 Å². The third-order valence-electron chi connectivity index (χ3n) is 16.0. The molecule has 1 amide bonds. The first-order valence-electron chi connectivity index (χ1n) is 33.2. The van der Waals surface area contributed by atoms with Gasteiger partial charge in [0, 0.05) is 6.42 Å². The minimum atomic E-state index is -1.56. The lowest BCUT2D eigenvalue weighted by molar-refractivity contribution is -0.302. The van der Waals surface area contributed by atoms with Gasteiger partial charge in [0.15, 0.2) is 6.29 Å². The second-order valence-electron chi connectivity index (χ2n) is 23.3. The van der Waals surface area contributed by atoms with Crippen LogP contribution >= 0.6 is 0 Å². The Balaban J connectivity index is 2.15. The predicted octanol–water partition coefficient (Wildman–Crippen LogP) is 17.5. The second-order valence-corrected chi connectivity index (χ2v) is 23.3. The maximum absolute atomic E-state index is 13.1. The summed E-state index contributed by atoms with van der Waals surface area (Å²) >= 11 is 0. The molecule has 1 aliphatic rings. The third kappa shape index (κ3) is 45.2. The van der Waals surface area contributed by atoms with Gasteiger partial charge < -0.3 is 40.3 Å². The summed E-state index contributed by atoms with van der Waals surface area (Å²) in [6.45, 7) is 3.87. The number of hydrogen-bond donors (Lipinski definition) is 6. The van der Waals surface area contributed by atoms with Crippen LogP contribution in [-0.4, -0.2) is 87.5 Å². The van der Waals surface area contributed by atoms with Gasteiger partial charge >= 0.3 is 0 Å². The molecule has 9 nitrogen and oxygen atoms in total. The van der Waals surface area contributed by atoms with Crippen molar-refractivity contribution in [1.29, 1.82) is 0 Å². The average Bonchev–Trinajstić information content (AvgIpc) is 3.42. The van der Waals surface area contributed by atoms with E-state index >= 15 is 0 Å². The Kier molecular flexibility index (Phi) is 54.0. The van der Waals surface area contributed by atoms with Gasteiger partial charge in [-0.25, -0.2) is 0 Å². The van der Waals surface area contributed by atoms with Crippen molar-refractivity contribution in [2.75, 3.05) is 13.2 Å². The van der Waals surface area contributed by atoms with E-state index in [9.17, 15) is 30.3 Å². The fraction of sp³-hybridized carbons (Fsp3) is 0.896. The number of aliphatic hydroxyl groups excluding tert-OH is 5. The van der Waals surface area contributed by atoms with Crippen LogP contribution in [0.1, 0.15) is 328 Å². The molecular formula is C67H127NO8. The summed E-state index contributed by atoms with van der Waals surface area (Å²) in [6.07, 6.45) is 67.6. The first kappa shape index (κ1) is 72.4. The summed E-state index contributed by atoms with van der Waals surface area (Å²) in [4.78, 5) is 13.1. The van der Waals surface area contributed by atoms with E-state index in [0.29, 0.717) is 12.8 Å². The molecule has 0 aromatic rings. The van der Waals surface area contributed by atoms with Gasteiger partial charge in [0.1, 0.15) is 24.4 Å². The zero-order chi connectivity index (χ0) is 55.0. The van der Waals surface area contributed by atoms with Gasteiger partial charge in [0.05, 0.1) is 25.4 Å². The molecule has 448 valence electrons. The first-order chi connectivity index (χ1) is 37.3. The lowest BCUT2D eigenvalue weighted by Crippen LogP contribution is -2.60. The third-order valence-corrected chi connectivity index (χ3v) is 16.0. The van der Waals surface area contributed by atoms with Crippen molar-refractivity contribution < 1.29 is 39.8 Å². The maximum atomic E-state index is 13.1. The van der Waals surface area contributed by atoms with Crippen molar-refractivity contribution in [2.24, 2.45) is 0 Å². The minimum Gasteiger partial charge on any atom is -0.394 e. The number of nitrogens with one attached hydrogen (secondary N) is 1. The number of carbonyl (C=O) groups is 1. The SMILES string of the molecule is CCCCCCC/C=C\C/C=C\C/C=C\CCCCCCCCCCCCC(=O)NC(COC1OC(CO)C(O)C(O)C1O)C(O)CCCCCCCCCCCCCCCCCCCCCCCCCCCCCC. The van der Waals surface area contributed by atoms with Crippen molar-refractivity contribution in [3.8, 4) is 0 Å². The molecule has 9 heteroatoms. The van der Waals surface area contributed by atoms with E-state index in [4.69, 9.17) is 9.47 Å². The molecule has 0 aromatic carbocycles. The molecule has 0 saturated carbocycles. The summed E-state index contributed by atoms with van der Waals surface area (Å²) in [7, 11) is 0. The number of aliphatic hydroxyl groups is 5. The largest absolute Gasteiger partial charge is 0.394 e. The van der Waals surface area contributed by atoms with Crippen LogP contribution in [0.5, 0.6) is 0 Å². The van der Waals surface area contributed by atoms with E-state index in [-0.39, 0.29) is 12.5 Å². The number of ether oxygens (including phenoxy) is 2. The van der Waals surface area contributed by atoms with Crippen LogP contribution in [0.25, 0.3) is 0 Å². The van der Waals surface area contributed by atoms with Crippen molar-refractivity contribution in [3.63, 3.8) is 0 Å². The quantitative estimate of drug-likeness (QED) is 0.0261. The van der Waals surface area contributed by atoms with E-state index in [1.807, 2.05) is 0 Å². The Bertz CT molecular complexity index is 1290. The Hall–Kier alpha value is -1.59. The smallest absolute Gasteiger partial charge is 0.220 e. The molecule has 1 fully saturated rings. The number of unbranched alkanes of at least 4 members (excludes halogenated alkanes) is 42. The summed E-state index contributed by atoms with van der Waals surface area (Å²) in [6, 6.07) is -0.723. The van der Waals surface area contributed by atoms with Crippen LogP contribution in [0.2, 0.25) is 0 Å². The van der Waals surface area contributed by atoms with E-state index in [0.717, 1.165) is 51.4 Å². The molecule has 7 atom stereocenters.